The Hall–Kier alpha value is -1.26. The predicted molar refractivity (Wildman–Crippen MR) is 84.2 cm³/mol. The molecule has 1 aromatic rings. The van der Waals surface area contributed by atoms with Crippen molar-refractivity contribution in [1.29, 1.82) is 0 Å². The number of hydrogen-bond acceptors (Lipinski definition) is 4. The van der Waals surface area contributed by atoms with Gasteiger partial charge in [-0.2, -0.15) is 0 Å². The van der Waals surface area contributed by atoms with Crippen molar-refractivity contribution in [2.24, 2.45) is 0 Å². The van der Waals surface area contributed by atoms with Crippen LogP contribution >= 0.6 is 0 Å². The highest BCUT2D eigenvalue weighted by Crippen LogP contribution is 2.20. The molecule has 2 rings (SSSR count). The average molecular weight is 293 g/mol. The molecule has 0 bridgehead atoms. The molecule has 1 aromatic carbocycles. The van der Waals surface area contributed by atoms with Gasteiger partial charge in [0.2, 0.25) is 0 Å². The van der Waals surface area contributed by atoms with Crippen molar-refractivity contribution >= 4 is 0 Å². The Balaban J connectivity index is 1.61. The van der Waals surface area contributed by atoms with Crippen LogP contribution in [0.3, 0.4) is 0 Å². The van der Waals surface area contributed by atoms with E-state index in [1.807, 2.05) is 38.1 Å². The van der Waals surface area contributed by atoms with E-state index in [0.717, 1.165) is 57.4 Å². The van der Waals surface area contributed by atoms with E-state index in [1.165, 1.54) is 6.42 Å². The Morgan fingerprint density at radius 3 is 2.67 bits per heavy atom. The predicted octanol–water partition coefficient (Wildman–Crippen LogP) is 2.97. The summed E-state index contributed by atoms with van der Waals surface area (Å²) in [6.07, 6.45) is 2.43. The summed E-state index contributed by atoms with van der Waals surface area (Å²) in [4.78, 5) is 2.46. The van der Waals surface area contributed by atoms with Crippen LogP contribution in [-0.2, 0) is 4.74 Å². The topological polar surface area (TPSA) is 30.9 Å². The van der Waals surface area contributed by atoms with Gasteiger partial charge in [-0.15, -0.1) is 0 Å². The molecule has 0 radical (unpaired) electrons. The maximum atomic E-state index is 5.79. The molecule has 0 saturated carbocycles. The third-order valence-corrected chi connectivity index (χ3v) is 3.42. The molecule has 1 aliphatic heterocycles. The van der Waals surface area contributed by atoms with Gasteiger partial charge in [-0.05, 0) is 45.4 Å². The van der Waals surface area contributed by atoms with Gasteiger partial charge in [0.25, 0.3) is 0 Å². The first-order chi connectivity index (χ1) is 10.2. The van der Waals surface area contributed by atoms with Crippen LogP contribution < -0.4 is 9.47 Å². The van der Waals surface area contributed by atoms with Crippen LogP contribution in [0.1, 0.15) is 26.7 Å². The monoisotopic (exact) mass is 293 g/mol. The Morgan fingerprint density at radius 1 is 1.14 bits per heavy atom. The quantitative estimate of drug-likeness (QED) is 0.690. The lowest BCUT2D eigenvalue weighted by atomic mass is 10.3. The van der Waals surface area contributed by atoms with Crippen molar-refractivity contribution in [3.8, 4) is 11.5 Å². The van der Waals surface area contributed by atoms with Crippen LogP contribution in [0, 0.1) is 0 Å². The van der Waals surface area contributed by atoms with Crippen molar-refractivity contribution in [2.45, 2.75) is 32.8 Å². The van der Waals surface area contributed by atoms with Crippen LogP contribution in [0.15, 0.2) is 24.3 Å². The van der Waals surface area contributed by atoms with Crippen LogP contribution in [0.2, 0.25) is 0 Å². The van der Waals surface area contributed by atoms with E-state index in [2.05, 4.69) is 4.90 Å². The highest BCUT2D eigenvalue weighted by Gasteiger charge is 2.09. The van der Waals surface area contributed by atoms with Crippen molar-refractivity contribution in [3.63, 3.8) is 0 Å². The van der Waals surface area contributed by atoms with E-state index in [-0.39, 0.29) is 6.10 Å². The Kier molecular flexibility index (Phi) is 6.83. The van der Waals surface area contributed by atoms with Gasteiger partial charge >= 0.3 is 0 Å². The molecule has 118 valence electrons. The van der Waals surface area contributed by atoms with Crippen molar-refractivity contribution in [1.82, 2.24) is 4.90 Å². The standard InChI is InChI=1S/C17H27NO3/c1-15(2)21-17-7-5-6-16(14-17)20-11-4-3-8-18-9-12-19-13-10-18/h5-7,14-15H,3-4,8-13H2,1-2H3. The molecule has 0 atom stereocenters. The second-order valence-electron chi connectivity index (χ2n) is 5.65. The van der Waals surface area contributed by atoms with Crippen molar-refractivity contribution in [3.05, 3.63) is 24.3 Å². The van der Waals surface area contributed by atoms with Crippen LogP contribution in [-0.4, -0.2) is 50.5 Å². The Morgan fingerprint density at radius 2 is 1.90 bits per heavy atom. The lowest BCUT2D eigenvalue weighted by Crippen LogP contribution is -2.36. The molecule has 0 unspecified atom stereocenters. The second kappa shape index (κ2) is 8.90. The van der Waals surface area contributed by atoms with Crippen LogP contribution in [0.5, 0.6) is 11.5 Å². The largest absolute Gasteiger partial charge is 0.493 e. The van der Waals surface area contributed by atoms with E-state index in [1.54, 1.807) is 0 Å². The fourth-order valence-electron chi connectivity index (χ4n) is 2.36. The molecule has 21 heavy (non-hydrogen) atoms. The van der Waals surface area contributed by atoms with Gasteiger partial charge in [0.05, 0.1) is 25.9 Å². The van der Waals surface area contributed by atoms with Crippen molar-refractivity contribution in [2.75, 3.05) is 39.5 Å². The zero-order chi connectivity index (χ0) is 14.9. The summed E-state index contributed by atoms with van der Waals surface area (Å²) in [6.45, 7) is 9.83. The van der Waals surface area contributed by atoms with E-state index in [0.29, 0.717) is 0 Å². The van der Waals surface area contributed by atoms with Crippen molar-refractivity contribution < 1.29 is 14.2 Å². The second-order valence-corrected chi connectivity index (χ2v) is 5.65. The number of ether oxygens (including phenoxy) is 3. The SMILES string of the molecule is CC(C)Oc1cccc(OCCCCN2CCOCC2)c1. The molecular formula is C17H27NO3. The number of unbranched alkanes of at least 4 members (excludes halogenated alkanes) is 1. The van der Waals surface area contributed by atoms with Gasteiger partial charge in [0.1, 0.15) is 11.5 Å². The van der Waals surface area contributed by atoms with Gasteiger partial charge in [-0.25, -0.2) is 0 Å². The van der Waals surface area contributed by atoms with E-state index >= 15 is 0 Å². The summed E-state index contributed by atoms with van der Waals surface area (Å²) < 4.78 is 16.8. The average Bonchev–Trinajstić information content (AvgIpc) is 2.48. The zero-order valence-corrected chi connectivity index (χ0v) is 13.2. The molecule has 1 heterocycles. The number of benzene rings is 1. The first-order valence-corrected chi connectivity index (χ1v) is 7.93. The lowest BCUT2D eigenvalue weighted by Gasteiger charge is -2.26. The van der Waals surface area contributed by atoms with Gasteiger partial charge in [0, 0.05) is 19.2 Å². The first kappa shape index (κ1) is 16.1. The minimum atomic E-state index is 0.189. The highest BCUT2D eigenvalue weighted by atomic mass is 16.5. The van der Waals surface area contributed by atoms with E-state index < -0.39 is 0 Å². The maximum absolute atomic E-state index is 5.79. The van der Waals surface area contributed by atoms with Gasteiger partial charge in [0.15, 0.2) is 0 Å². The van der Waals surface area contributed by atoms with Gasteiger partial charge < -0.3 is 14.2 Å². The normalized spacial score (nSPS) is 16.1. The first-order valence-electron chi connectivity index (χ1n) is 7.93. The minimum Gasteiger partial charge on any atom is -0.493 e. The molecule has 0 spiro atoms. The lowest BCUT2D eigenvalue weighted by molar-refractivity contribution is 0.0368. The molecular weight excluding hydrogens is 266 g/mol. The number of hydrogen-bond donors (Lipinski definition) is 0. The molecule has 0 N–H and O–H groups in total. The maximum Gasteiger partial charge on any atom is 0.123 e. The molecule has 1 fully saturated rings. The number of morpholine rings is 1. The third-order valence-electron chi connectivity index (χ3n) is 3.42. The summed E-state index contributed by atoms with van der Waals surface area (Å²) in [5.41, 5.74) is 0. The summed E-state index contributed by atoms with van der Waals surface area (Å²) >= 11 is 0. The molecule has 0 aliphatic carbocycles. The highest BCUT2D eigenvalue weighted by molar-refractivity contribution is 5.33. The molecule has 4 nitrogen and oxygen atoms in total. The molecule has 1 saturated heterocycles. The van der Waals surface area contributed by atoms with Crippen LogP contribution in [0.25, 0.3) is 0 Å². The summed E-state index contributed by atoms with van der Waals surface area (Å²) in [7, 11) is 0. The van der Waals surface area contributed by atoms with Gasteiger partial charge in [-0.1, -0.05) is 6.07 Å². The number of rotatable bonds is 8. The fraction of sp³-hybridized carbons (Fsp3) is 0.647. The summed E-state index contributed by atoms with van der Waals surface area (Å²) in [5, 5.41) is 0. The number of nitrogens with zero attached hydrogens (tertiary/aromatic N) is 1. The fourth-order valence-corrected chi connectivity index (χ4v) is 2.36. The van der Waals surface area contributed by atoms with Crippen LogP contribution in [0.4, 0.5) is 0 Å². The Bertz CT molecular complexity index is 403. The Labute approximate surface area is 128 Å². The smallest absolute Gasteiger partial charge is 0.123 e. The third kappa shape index (κ3) is 6.36. The molecule has 0 amide bonds. The minimum absolute atomic E-state index is 0.189. The zero-order valence-electron chi connectivity index (χ0n) is 13.2. The van der Waals surface area contributed by atoms with Gasteiger partial charge in [-0.3, -0.25) is 4.90 Å². The molecule has 0 aromatic heterocycles. The summed E-state index contributed by atoms with van der Waals surface area (Å²) in [6, 6.07) is 7.88. The van der Waals surface area contributed by atoms with E-state index in [4.69, 9.17) is 14.2 Å². The molecule has 1 aliphatic rings. The molecule has 4 heteroatoms. The summed E-state index contributed by atoms with van der Waals surface area (Å²) in [5.74, 6) is 1.76. The van der Waals surface area contributed by atoms with E-state index in [9.17, 15) is 0 Å².